The van der Waals surface area contributed by atoms with E-state index in [9.17, 15) is 9.18 Å². The van der Waals surface area contributed by atoms with Gasteiger partial charge in [0.25, 0.3) is 0 Å². The lowest BCUT2D eigenvalue weighted by Gasteiger charge is -2.43. The van der Waals surface area contributed by atoms with Gasteiger partial charge in [-0.15, -0.1) is 0 Å². The Kier molecular flexibility index (Phi) is 3.13. The molecular formula is C12H14FNO3. The average Bonchev–Trinajstić information content (AvgIpc) is 2.24. The second kappa shape index (κ2) is 4.43. The number of ether oxygens (including phenoxy) is 1. The highest BCUT2D eigenvalue weighted by Gasteiger charge is 2.44. The Labute approximate surface area is 98.2 Å². The van der Waals surface area contributed by atoms with Crippen molar-refractivity contribution in [2.45, 2.75) is 17.9 Å². The molecule has 92 valence electrons. The van der Waals surface area contributed by atoms with Crippen molar-refractivity contribution in [3.63, 3.8) is 0 Å². The second-order valence-electron chi connectivity index (χ2n) is 4.40. The maximum Gasteiger partial charge on any atom is 0.320 e. The van der Waals surface area contributed by atoms with Gasteiger partial charge in [-0.2, -0.15) is 0 Å². The Bertz CT molecular complexity index is 432. The van der Waals surface area contributed by atoms with Gasteiger partial charge in [0.15, 0.2) is 0 Å². The van der Waals surface area contributed by atoms with Crippen LogP contribution in [0.15, 0.2) is 24.3 Å². The Morgan fingerprint density at radius 2 is 2.18 bits per heavy atom. The zero-order valence-corrected chi connectivity index (χ0v) is 9.23. The molecule has 17 heavy (non-hydrogen) atoms. The van der Waals surface area contributed by atoms with E-state index in [0.29, 0.717) is 18.8 Å². The molecule has 0 spiro atoms. The van der Waals surface area contributed by atoms with Gasteiger partial charge in [-0.1, -0.05) is 18.2 Å². The minimum atomic E-state index is -1.08. The number of rotatable bonds is 4. The zero-order valence-electron chi connectivity index (χ0n) is 9.23. The lowest BCUT2D eigenvalue weighted by atomic mass is 9.73. The lowest BCUT2D eigenvalue weighted by Crippen LogP contribution is -2.52. The number of nitrogens with two attached hydrogens (primary N) is 1. The van der Waals surface area contributed by atoms with Crippen LogP contribution in [0.3, 0.4) is 0 Å². The third kappa shape index (κ3) is 2.16. The minimum Gasteiger partial charge on any atom is -0.480 e. The molecule has 5 heteroatoms. The largest absolute Gasteiger partial charge is 0.480 e. The smallest absolute Gasteiger partial charge is 0.320 e. The van der Waals surface area contributed by atoms with Gasteiger partial charge in [-0.25, -0.2) is 4.39 Å². The van der Waals surface area contributed by atoms with Crippen molar-refractivity contribution in [2.75, 3.05) is 13.2 Å². The van der Waals surface area contributed by atoms with Crippen molar-refractivity contribution in [1.82, 2.24) is 0 Å². The molecule has 0 bridgehead atoms. The summed E-state index contributed by atoms with van der Waals surface area (Å²) in [5.74, 6) is -1.42. The molecule has 0 radical (unpaired) electrons. The molecule has 1 unspecified atom stereocenters. The first-order valence-corrected chi connectivity index (χ1v) is 5.36. The highest BCUT2D eigenvalue weighted by Crippen LogP contribution is 2.37. The van der Waals surface area contributed by atoms with Crippen LogP contribution in [0.4, 0.5) is 4.39 Å². The predicted molar refractivity (Wildman–Crippen MR) is 59.1 cm³/mol. The van der Waals surface area contributed by atoms with Crippen molar-refractivity contribution in [3.05, 3.63) is 35.6 Å². The zero-order chi connectivity index (χ0) is 12.5. The number of halogens is 1. The first-order chi connectivity index (χ1) is 8.05. The summed E-state index contributed by atoms with van der Waals surface area (Å²) in [6.07, 6.45) is 0.184. The second-order valence-corrected chi connectivity index (χ2v) is 4.40. The molecule has 1 aromatic carbocycles. The van der Waals surface area contributed by atoms with E-state index in [1.165, 1.54) is 6.07 Å². The van der Waals surface area contributed by atoms with Crippen molar-refractivity contribution in [3.8, 4) is 0 Å². The summed E-state index contributed by atoms with van der Waals surface area (Å²) in [6, 6.07) is 5.35. The molecular weight excluding hydrogens is 225 g/mol. The van der Waals surface area contributed by atoms with Crippen LogP contribution in [0.1, 0.15) is 12.0 Å². The van der Waals surface area contributed by atoms with Crippen molar-refractivity contribution < 1.29 is 19.0 Å². The average molecular weight is 239 g/mol. The quantitative estimate of drug-likeness (QED) is 0.818. The van der Waals surface area contributed by atoms with E-state index >= 15 is 0 Å². The molecule has 1 aromatic rings. The fourth-order valence-corrected chi connectivity index (χ4v) is 2.13. The van der Waals surface area contributed by atoms with Gasteiger partial charge in [0.2, 0.25) is 0 Å². The van der Waals surface area contributed by atoms with E-state index in [-0.39, 0.29) is 12.2 Å². The number of hydrogen-bond acceptors (Lipinski definition) is 3. The predicted octanol–water partition coefficient (Wildman–Crippen LogP) is 0.896. The van der Waals surface area contributed by atoms with Gasteiger partial charge in [-0.3, -0.25) is 4.79 Å². The SMILES string of the molecule is NC(CC1(c2ccccc2F)COC1)C(=O)O. The van der Waals surface area contributed by atoms with Gasteiger partial charge >= 0.3 is 5.97 Å². The van der Waals surface area contributed by atoms with Gasteiger partial charge in [-0.05, 0) is 18.1 Å². The molecule has 1 saturated heterocycles. The third-order valence-electron chi connectivity index (χ3n) is 3.13. The molecule has 1 aliphatic rings. The summed E-state index contributed by atoms with van der Waals surface area (Å²) in [5, 5.41) is 8.82. The molecule has 1 atom stereocenters. The van der Waals surface area contributed by atoms with E-state index in [1.807, 2.05) is 0 Å². The minimum absolute atomic E-state index is 0.184. The first kappa shape index (κ1) is 12.0. The van der Waals surface area contributed by atoms with E-state index in [4.69, 9.17) is 15.6 Å². The first-order valence-electron chi connectivity index (χ1n) is 5.36. The van der Waals surface area contributed by atoms with E-state index in [1.54, 1.807) is 18.2 Å². The van der Waals surface area contributed by atoms with E-state index < -0.39 is 17.4 Å². The Hall–Kier alpha value is -1.46. The Morgan fingerprint density at radius 1 is 1.53 bits per heavy atom. The monoisotopic (exact) mass is 239 g/mol. The van der Waals surface area contributed by atoms with Crippen LogP contribution in [0.2, 0.25) is 0 Å². The molecule has 1 aliphatic heterocycles. The highest BCUT2D eigenvalue weighted by atomic mass is 19.1. The van der Waals surface area contributed by atoms with Crippen LogP contribution in [-0.4, -0.2) is 30.3 Å². The molecule has 0 saturated carbocycles. The standard InChI is InChI=1S/C12H14FNO3/c13-9-4-2-1-3-8(9)12(6-17-7-12)5-10(14)11(15)16/h1-4,10H,5-7,14H2,(H,15,16). The number of hydrogen-bond donors (Lipinski definition) is 2. The third-order valence-corrected chi connectivity index (χ3v) is 3.13. The fraction of sp³-hybridized carbons (Fsp3) is 0.417. The number of aliphatic carboxylic acids is 1. The summed E-state index contributed by atoms with van der Waals surface area (Å²) in [4.78, 5) is 10.8. The Morgan fingerprint density at radius 3 is 2.65 bits per heavy atom. The normalized spacial score (nSPS) is 19.4. The molecule has 0 amide bonds. The van der Waals surface area contributed by atoms with Crippen molar-refractivity contribution in [2.24, 2.45) is 5.73 Å². The summed E-state index contributed by atoms with van der Waals surface area (Å²) < 4.78 is 18.8. The van der Waals surface area contributed by atoms with Gasteiger partial charge in [0.1, 0.15) is 11.9 Å². The summed E-state index contributed by atoms with van der Waals surface area (Å²) >= 11 is 0. The topological polar surface area (TPSA) is 72.5 Å². The lowest BCUT2D eigenvalue weighted by molar-refractivity contribution is -0.141. The molecule has 2 rings (SSSR count). The van der Waals surface area contributed by atoms with Crippen LogP contribution in [-0.2, 0) is 14.9 Å². The number of benzene rings is 1. The van der Waals surface area contributed by atoms with Gasteiger partial charge in [0.05, 0.1) is 13.2 Å². The van der Waals surface area contributed by atoms with Crippen molar-refractivity contribution >= 4 is 5.97 Å². The number of carbonyl (C=O) groups is 1. The van der Waals surface area contributed by atoms with Crippen LogP contribution in [0.5, 0.6) is 0 Å². The van der Waals surface area contributed by atoms with E-state index in [2.05, 4.69) is 0 Å². The molecule has 1 fully saturated rings. The van der Waals surface area contributed by atoms with E-state index in [0.717, 1.165) is 0 Å². The van der Waals surface area contributed by atoms with Crippen molar-refractivity contribution in [1.29, 1.82) is 0 Å². The summed E-state index contributed by atoms with van der Waals surface area (Å²) in [6.45, 7) is 0.629. The summed E-state index contributed by atoms with van der Waals surface area (Å²) in [7, 11) is 0. The summed E-state index contributed by atoms with van der Waals surface area (Å²) in [5.41, 5.74) is 5.42. The van der Waals surface area contributed by atoms with Crippen LogP contribution >= 0.6 is 0 Å². The highest BCUT2D eigenvalue weighted by molar-refractivity contribution is 5.73. The fourth-order valence-electron chi connectivity index (χ4n) is 2.13. The molecule has 4 nitrogen and oxygen atoms in total. The van der Waals surface area contributed by atoms with Crippen LogP contribution < -0.4 is 5.73 Å². The maximum absolute atomic E-state index is 13.7. The maximum atomic E-state index is 13.7. The molecule has 1 heterocycles. The Balaban J connectivity index is 2.26. The van der Waals surface area contributed by atoms with Crippen LogP contribution in [0.25, 0.3) is 0 Å². The van der Waals surface area contributed by atoms with Gasteiger partial charge in [0, 0.05) is 5.41 Å². The number of carboxylic acid groups (broad SMARTS) is 1. The number of carboxylic acids is 1. The van der Waals surface area contributed by atoms with Crippen LogP contribution in [0, 0.1) is 5.82 Å². The molecule has 0 aliphatic carbocycles. The van der Waals surface area contributed by atoms with Gasteiger partial charge < -0.3 is 15.6 Å². The molecule has 0 aromatic heterocycles. The molecule has 3 N–H and O–H groups in total.